The maximum Gasteiger partial charge on any atom is 0.0299 e. The Kier molecular flexibility index (Phi) is 5.49. The van der Waals surface area contributed by atoms with Crippen molar-refractivity contribution in [1.29, 1.82) is 0 Å². The Hall–Kier alpha value is -0.380. The van der Waals surface area contributed by atoms with Crippen LogP contribution in [-0.2, 0) is 6.54 Å². The number of hydrogen-bond acceptors (Lipinski definition) is 3. The molecule has 1 saturated heterocycles. The van der Waals surface area contributed by atoms with Crippen LogP contribution in [0.2, 0.25) is 0 Å². The van der Waals surface area contributed by atoms with Crippen molar-refractivity contribution < 1.29 is 0 Å². The summed E-state index contributed by atoms with van der Waals surface area (Å²) in [5, 5.41) is 3.54. The number of rotatable bonds is 6. The van der Waals surface area contributed by atoms with Crippen molar-refractivity contribution in [2.45, 2.75) is 39.2 Å². The van der Waals surface area contributed by atoms with E-state index in [-0.39, 0.29) is 0 Å². The Morgan fingerprint density at radius 3 is 2.76 bits per heavy atom. The fraction of sp³-hybridized carbons (Fsp3) is 0.714. The standard InChI is InChI=1S/C14H24N2S/c1-13-6-7-14(17-13)12-15-8-5-11-16-9-3-2-4-10-16/h6-7,15H,2-5,8-12H2,1H3. The van der Waals surface area contributed by atoms with Crippen molar-refractivity contribution >= 4 is 11.3 Å². The summed E-state index contributed by atoms with van der Waals surface area (Å²) in [6, 6.07) is 4.44. The Balaban J connectivity index is 1.51. The van der Waals surface area contributed by atoms with Gasteiger partial charge in [0.2, 0.25) is 0 Å². The molecular formula is C14H24N2S. The minimum absolute atomic E-state index is 1.04. The molecule has 3 heteroatoms. The van der Waals surface area contributed by atoms with Gasteiger partial charge in [0.1, 0.15) is 0 Å². The highest BCUT2D eigenvalue weighted by Gasteiger charge is 2.08. The van der Waals surface area contributed by atoms with Crippen molar-refractivity contribution in [3.63, 3.8) is 0 Å². The summed E-state index contributed by atoms with van der Waals surface area (Å²) in [6.45, 7) is 8.28. The third-order valence-corrected chi connectivity index (χ3v) is 4.37. The lowest BCUT2D eigenvalue weighted by molar-refractivity contribution is 0.226. The molecule has 0 spiro atoms. The number of aryl methyl sites for hydroxylation is 1. The van der Waals surface area contributed by atoms with Crippen molar-refractivity contribution in [3.05, 3.63) is 21.9 Å². The Morgan fingerprint density at radius 2 is 2.06 bits per heavy atom. The van der Waals surface area contributed by atoms with Gasteiger partial charge in [0.05, 0.1) is 0 Å². The van der Waals surface area contributed by atoms with Crippen LogP contribution >= 0.6 is 11.3 Å². The van der Waals surface area contributed by atoms with Crippen LogP contribution in [0.15, 0.2) is 12.1 Å². The first kappa shape index (κ1) is 13.1. The van der Waals surface area contributed by atoms with E-state index in [4.69, 9.17) is 0 Å². The van der Waals surface area contributed by atoms with Gasteiger partial charge >= 0.3 is 0 Å². The predicted octanol–water partition coefficient (Wildman–Crippen LogP) is 3.02. The maximum absolute atomic E-state index is 3.54. The largest absolute Gasteiger partial charge is 0.312 e. The molecule has 1 N–H and O–H groups in total. The molecule has 0 amide bonds. The number of piperidine rings is 1. The monoisotopic (exact) mass is 252 g/mol. The predicted molar refractivity (Wildman–Crippen MR) is 75.7 cm³/mol. The van der Waals surface area contributed by atoms with Gasteiger partial charge in [-0.25, -0.2) is 0 Å². The average Bonchev–Trinajstić information content (AvgIpc) is 2.76. The van der Waals surface area contributed by atoms with E-state index in [0.29, 0.717) is 0 Å². The first-order valence-electron chi connectivity index (χ1n) is 6.83. The SMILES string of the molecule is Cc1ccc(CNCCCN2CCCCC2)s1. The molecule has 0 radical (unpaired) electrons. The van der Waals surface area contributed by atoms with E-state index >= 15 is 0 Å². The zero-order valence-corrected chi connectivity index (χ0v) is 11.7. The van der Waals surface area contributed by atoms with Crippen LogP contribution in [0, 0.1) is 6.92 Å². The minimum atomic E-state index is 1.04. The molecule has 1 aliphatic heterocycles. The average molecular weight is 252 g/mol. The van der Waals surface area contributed by atoms with Crippen molar-refractivity contribution in [3.8, 4) is 0 Å². The van der Waals surface area contributed by atoms with E-state index in [2.05, 4.69) is 29.3 Å². The third-order valence-electron chi connectivity index (χ3n) is 3.37. The molecule has 0 saturated carbocycles. The molecule has 2 nitrogen and oxygen atoms in total. The van der Waals surface area contributed by atoms with E-state index in [0.717, 1.165) is 13.1 Å². The van der Waals surface area contributed by atoms with E-state index in [1.165, 1.54) is 55.1 Å². The lowest BCUT2D eigenvalue weighted by Crippen LogP contribution is -2.32. The van der Waals surface area contributed by atoms with Gasteiger partial charge in [0, 0.05) is 16.3 Å². The molecule has 0 aliphatic carbocycles. The summed E-state index contributed by atoms with van der Waals surface area (Å²) in [5.74, 6) is 0. The topological polar surface area (TPSA) is 15.3 Å². The van der Waals surface area contributed by atoms with E-state index in [1.54, 1.807) is 0 Å². The Morgan fingerprint density at radius 1 is 1.24 bits per heavy atom. The van der Waals surface area contributed by atoms with Gasteiger partial charge in [-0.3, -0.25) is 0 Å². The van der Waals surface area contributed by atoms with Crippen LogP contribution in [0.25, 0.3) is 0 Å². The molecule has 2 rings (SSSR count). The van der Waals surface area contributed by atoms with Crippen LogP contribution in [0.5, 0.6) is 0 Å². The molecule has 1 aromatic heterocycles. The zero-order chi connectivity index (χ0) is 11.9. The van der Waals surface area contributed by atoms with Gasteiger partial charge in [-0.05, 0) is 64.5 Å². The van der Waals surface area contributed by atoms with Crippen LogP contribution in [0.4, 0.5) is 0 Å². The number of thiophene rings is 1. The minimum Gasteiger partial charge on any atom is -0.312 e. The Bertz CT molecular complexity index is 316. The van der Waals surface area contributed by atoms with E-state index < -0.39 is 0 Å². The number of likely N-dealkylation sites (tertiary alicyclic amines) is 1. The molecule has 0 atom stereocenters. The molecule has 96 valence electrons. The van der Waals surface area contributed by atoms with Crippen LogP contribution in [0.3, 0.4) is 0 Å². The molecule has 1 aromatic rings. The number of hydrogen-bond donors (Lipinski definition) is 1. The van der Waals surface area contributed by atoms with E-state index in [9.17, 15) is 0 Å². The second-order valence-corrected chi connectivity index (χ2v) is 6.32. The molecule has 2 heterocycles. The fourth-order valence-corrected chi connectivity index (χ4v) is 3.26. The van der Waals surface area contributed by atoms with Gasteiger partial charge in [-0.15, -0.1) is 11.3 Å². The number of nitrogens with zero attached hydrogens (tertiary/aromatic N) is 1. The van der Waals surface area contributed by atoms with Gasteiger partial charge in [-0.2, -0.15) is 0 Å². The maximum atomic E-state index is 3.54. The Labute approximate surface area is 109 Å². The van der Waals surface area contributed by atoms with Crippen molar-refractivity contribution in [2.24, 2.45) is 0 Å². The van der Waals surface area contributed by atoms with Gasteiger partial charge in [0.25, 0.3) is 0 Å². The first-order chi connectivity index (χ1) is 8.34. The lowest BCUT2D eigenvalue weighted by Gasteiger charge is -2.26. The van der Waals surface area contributed by atoms with Gasteiger partial charge < -0.3 is 10.2 Å². The smallest absolute Gasteiger partial charge is 0.0299 e. The summed E-state index contributed by atoms with van der Waals surface area (Å²) in [6.07, 6.45) is 5.53. The van der Waals surface area contributed by atoms with Gasteiger partial charge in [0.15, 0.2) is 0 Å². The molecule has 1 aliphatic rings. The fourth-order valence-electron chi connectivity index (χ4n) is 2.40. The second kappa shape index (κ2) is 7.14. The molecule has 0 bridgehead atoms. The summed E-state index contributed by atoms with van der Waals surface area (Å²) in [4.78, 5) is 5.48. The van der Waals surface area contributed by atoms with Crippen LogP contribution in [0.1, 0.15) is 35.4 Å². The quantitative estimate of drug-likeness (QED) is 0.783. The highest BCUT2D eigenvalue weighted by atomic mass is 32.1. The molecule has 17 heavy (non-hydrogen) atoms. The normalized spacial score (nSPS) is 17.5. The molecule has 0 aromatic carbocycles. The van der Waals surface area contributed by atoms with Crippen LogP contribution in [-0.4, -0.2) is 31.1 Å². The summed E-state index contributed by atoms with van der Waals surface area (Å²) < 4.78 is 0. The van der Waals surface area contributed by atoms with Gasteiger partial charge in [-0.1, -0.05) is 6.42 Å². The second-order valence-electron chi connectivity index (χ2n) is 4.94. The molecular weight excluding hydrogens is 228 g/mol. The van der Waals surface area contributed by atoms with Crippen molar-refractivity contribution in [1.82, 2.24) is 10.2 Å². The van der Waals surface area contributed by atoms with Crippen molar-refractivity contribution in [2.75, 3.05) is 26.2 Å². The molecule has 0 unspecified atom stereocenters. The van der Waals surface area contributed by atoms with Crippen LogP contribution < -0.4 is 5.32 Å². The number of nitrogens with one attached hydrogen (secondary N) is 1. The highest BCUT2D eigenvalue weighted by Crippen LogP contribution is 2.14. The van der Waals surface area contributed by atoms with E-state index in [1.807, 2.05) is 11.3 Å². The summed E-state index contributed by atoms with van der Waals surface area (Å²) in [7, 11) is 0. The first-order valence-corrected chi connectivity index (χ1v) is 7.64. The highest BCUT2D eigenvalue weighted by molar-refractivity contribution is 7.11. The summed E-state index contributed by atoms with van der Waals surface area (Å²) in [5.41, 5.74) is 0. The zero-order valence-electron chi connectivity index (χ0n) is 10.9. The molecule has 1 fully saturated rings. The lowest BCUT2D eigenvalue weighted by atomic mass is 10.1. The third kappa shape index (κ3) is 4.78. The summed E-state index contributed by atoms with van der Waals surface area (Å²) >= 11 is 1.90.